The number of hydrogen-bond donors (Lipinski definition) is 0. The fourth-order valence-corrected chi connectivity index (χ4v) is 3.29. The summed E-state index contributed by atoms with van der Waals surface area (Å²) in [6.07, 6.45) is 0.853. The molecule has 122 valence electrons. The van der Waals surface area contributed by atoms with Crippen LogP contribution in [-0.2, 0) is 12.2 Å². The summed E-state index contributed by atoms with van der Waals surface area (Å²) in [5.74, 6) is 0.170. The van der Waals surface area contributed by atoms with Gasteiger partial charge >= 0.3 is 0 Å². The van der Waals surface area contributed by atoms with E-state index in [0.29, 0.717) is 12.5 Å². The molecule has 3 aromatic rings. The van der Waals surface area contributed by atoms with Crippen LogP contribution in [-0.4, -0.2) is 16.8 Å². The van der Waals surface area contributed by atoms with Crippen LogP contribution in [0.5, 0.6) is 5.75 Å². The molecule has 0 saturated carbocycles. The van der Waals surface area contributed by atoms with Crippen molar-refractivity contribution in [2.75, 3.05) is 6.61 Å². The van der Waals surface area contributed by atoms with Gasteiger partial charge in [0.15, 0.2) is 0 Å². The SMILES string of the molecule is Fc1cccc(F)c1CSc1nnc(-c2ccc3c(c2)CCO3)o1. The summed E-state index contributed by atoms with van der Waals surface area (Å²) < 4.78 is 38.3. The number of aromatic nitrogens is 2. The van der Waals surface area contributed by atoms with Gasteiger partial charge in [0.1, 0.15) is 17.4 Å². The molecular formula is C17H12F2N2O2S. The highest BCUT2D eigenvalue weighted by Gasteiger charge is 2.16. The van der Waals surface area contributed by atoms with Crippen molar-refractivity contribution in [3.63, 3.8) is 0 Å². The highest BCUT2D eigenvalue weighted by molar-refractivity contribution is 7.98. The summed E-state index contributed by atoms with van der Waals surface area (Å²) in [6.45, 7) is 0.678. The van der Waals surface area contributed by atoms with Crippen LogP contribution in [0.15, 0.2) is 46.0 Å². The van der Waals surface area contributed by atoms with Gasteiger partial charge in [-0.2, -0.15) is 0 Å². The summed E-state index contributed by atoms with van der Waals surface area (Å²) in [5.41, 5.74) is 1.90. The minimum absolute atomic E-state index is 0.00284. The first-order valence-electron chi connectivity index (χ1n) is 7.36. The van der Waals surface area contributed by atoms with Gasteiger partial charge in [-0.05, 0) is 35.9 Å². The number of fused-ring (bicyclic) bond motifs is 1. The molecule has 0 bridgehead atoms. The monoisotopic (exact) mass is 346 g/mol. The lowest BCUT2D eigenvalue weighted by atomic mass is 10.1. The van der Waals surface area contributed by atoms with Crippen LogP contribution < -0.4 is 4.74 Å². The van der Waals surface area contributed by atoms with Crippen molar-refractivity contribution in [1.29, 1.82) is 0 Å². The Hall–Kier alpha value is -2.41. The Bertz CT molecular complexity index is 878. The average Bonchev–Trinajstić information content (AvgIpc) is 3.22. The first-order valence-corrected chi connectivity index (χ1v) is 8.34. The molecule has 0 amide bonds. The zero-order valence-electron chi connectivity index (χ0n) is 12.5. The second-order valence-corrected chi connectivity index (χ2v) is 6.21. The van der Waals surface area contributed by atoms with E-state index >= 15 is 0 Å². The number of thioether (sulfide) groups is 1. The molecule has 0 saturated heterocycles. The zero-order valence-corrected chi connectivity index (χ0v) is 13.3. The van der Waals surface area contributed by atoms with Gasteiger partial charge in [0.05, 0.1) is 6.61 Å². The predicted molar refractivity (Wildman–Crippen MR) is 84.9 cm³/mol. The Morgan fingerprint density at radius 1 is 1.08 bits per heavy atom. The summed E-state index contributed by atoms with van der Waals surface area (Å²) in [5, 5.41) is 8.20. The third-order valence-corrected chi connectivity index (χ3v) is 4.59. The van der Waals surface area contributed by atoms with Gasteiger partial charge in [0.25, 0.3) is 5.22 Å². The second kappa shape index (κ2) is 6.24. The maximum atomic E-state index is 13.6. The molecule has 4 rings (SSSR count). The van der Waals surface area contributed by atoms with Gasteiger partial charge < -0.3 is 9.15 Å². The fourth-order valence-electron chi connectivity index (χ4n) is 2.51. The summed E-state index contributed by atoms with van der Waals surface area (Å²) in [6, 6.07) is 9.48. The van der Waals surface area contributed by atoms with E-state index in [9.17, 15) is 8.78 Å². The highest BCUT2D eigenvalue weighted by Crippen LogP contribution is 2.32. The van der Waals surface area contributed by atoms with E-state index in [1.54, 1.807) is 0 Å². The zero-order chi connectivity index (χ0) is 16.5. The molecule has 4 nitrogen and oxygen atoms in total. The minimum Gasteiger partial charge on any atom is -0.493 e. The Labute approximate surface area is 140 Å². The van der Waals surface area contributed by atoms with E-state index in [4.69, 9.17) is 9.15 Å². The molecule has 2 aromatic carbocycles. The van der Waals surface area contributed by atoms with E-state index < -0.39 is 11.6 Å². The standard InChI is InChI=1S/C17H12F2N2O2S/c18-13-2-1-3-14(19)12(13)9-24-17-21-20-16(23-17)11-4-5-15-10(8-11)6-7-22-15/h1-5,8H,6-7,9H2. The number of nitrogens with zero attached hydrogens (tertiary/aromatic N) is 2. The van der Waals surface area contributed by atoms with Gasteiger partial charge in [-0.1, -0.05) is 17.8 Å². The van der Waals surface area contributed by atoms with E-state index in [2.05, 4.69) is 10.2 Å². The molecule has 0 spiro atoms. The van der Waals surface area contributed by atoms with Gasteiger partial charge in [-0.3, -0.25) is 0 Å². The fraction of sp³-hybridized carbons (Fsp3) is 0.176. The van der Waals surface area contributed by atoms with Crippen LogP contribution in [0.3, 0.4) is 0 Å². The normalized spacial score (nSPS) is 12.9. The van der Waals surface area contributed by atoms with Gasteiger partial charge in [-0.15, -0.1) is 10.2 Å². The Morgan fingerprint density at radius 3 is 2.75 bits per heavy atom. The quantitative estimate of drug-likeness (QED) is 0.661. The minimum atomic E-state index is -0.583. The lowest BCUT2D eigenvalue weighted by molar-refractivity contribution is 0.357. The van der Waals surface area contributed by atoms with Crippen LogP contribution in [0, 0.1) is 11.6 Å². The number of hydrogen-bond acceptors (Lipinski definition) is 5. The van der Waals surface area contributed by atoms with Gasteiger partial charge in [0.2, 0.25) is 5.89 Å². The third kappa shape index (κ3) is 2.87. The van der Waals surface area contributed by atoms with E-state index in [1.807, 2.05) is 18.2 Å². The lowest BCUT2D eigenvalue weighted by Crippen LogP contribution is -1.92. The van der Waals surface area contributed by atoms with Crippen molar-refractivity contribution in [3.8, 4) is 17.2 Å². The van der Waals surface area contributed by atoms with E-state index in [0.717, 1.165) is 35.1 Å². The smallest absolute Gasteiger partial charge is 0.277 e. The number of halogens is 2. The average molecular weight is 346 g/mol. The second-order valence-electron chi connectivity index (χ2n) is 5.28. The maximum absolute atomic E-state index is 13.6. The van der Waals surface area contributed by atoms with Crippen LogP contribution in [0.25, 0.3) is 11.5 Å². The van der Waals surface area contributed by atoms with Crippen molar-refractivity contribution in [1.82, 2.24) is 10.2 Å². The molecule has 0 aliphatic carbocycles. The molecule has 0 N–H and O–H groups in total. The lowest BCUT2D eigenvalue weighted by Gasteiger charge is -2.02. The topological polar surface area (TPSA) is 48.2 Å². The van der Waals surface area contributed by atoms with E-state index in [-0.39, 0.29) is 16.5 Å². The first-order chi connectivity index (χ1) is 11.7. The van der Waals surface area contributed by atoms with Crippen molar-refractivity contribution >= 4 is 11.8 Å². The van der Waals surface area contributed by atoms with Crippen molar-refractivity contribution in [2.24, 2.45) is 0 Å². The molecule has 0 unspecified atom stereocenters. The third-order valence-electron chi connectivity index (χ3n) is 3.74. The Kier molecular flexibility index (Phi) is 3.93. The molecule has 7 heteroatoms. The Morgan fingerprint density at radius 2 is 1.92 bits per heavy atom. The maximum Gasteiger partial charge on any atom is 0.277 e. The highest BCUT2D eigenvalue weighted by atomic mass is 32.2. The first kappa shape index (κ1) is 15.1. The van der Waals surface area contributed by atoms with E-state index in [1.165, 1.54) is 18.2 Å². The number of benzene rings is 2. The molecule has 0 fully saturated rings. The molecule has 24 heavy (non-hydrogen) atoms. The molecular weight excluding hydrogens is 334 g/mol. The molecule has 0 radical (unpaired) electrons. The van der Waals surface area contributed by atoms with Gasteiger partial charge in [0, 0.05) is 23.3 Å². The van der Waals surface area contributed by atoms with Crippen LogP contribution in [0.1, 0.15) is 11.1 Å². The molecule has 2 heterocycles. The van der Waals surface area contributed by atoms with Gasteiger partial charge in [-0.25, -0.2) is 8.78 Å². The molecule has 1 aliphatic heterocycles. The van der Waals surface area contributed by atoms with Crippen molar-refractivity contribution in [3.05, 3.63) is 59.2 Å². The summed E-state index contributed by atoms with van der Waals surface area (Å²) >= 11 is 1.10. The van der Waals surface area contributed by atoms with Crippen LogP contribution in [0.2, 0.25) is 0 Å². The van der Waals surface area contributed by atoms with Crippen LogP contribution >= 0.6 is 11.8 Å². The summed E-state index contributed by atoms with van der Waals surface area (Å²) in [7, 11) is 0. The van der Waals surface area contributed by atoms with Crippen molar-refractivity contribution < 1.29 is 17.9 Å². The number of rotatable bonds is 4. The van der Waals surface area contributed by atoms with Crippen molar-refractivity contribution in [2.45, 2.75) is 17.4 Å². The molecule has 0 atom stereocenters. The number of ether oxygens (including phenoxy) is 1. The summed E-state index contributed by atoms with van der Waals surface area (Å²) in [4.78, 5) is 0. The molecule has 1 aromatic heterocycles. The van der Waals surface area contributed by atoms with Crippen LogP contribution in [0.4, 0.5) is 8.78 Å². The predicted octanol–water partition coefficient (Wildman–Crippen LogP) is 4.24. The largest absolute Gasteiger partial charge is 0.493 e. The Balaban J connectivity index is 1.51. The molecule has 1 aliphatic rings.